The Morgan fingerprint density at radius 2 is 1.85 bits per heavy atom. The topological polar surface area (TPSA) is 57.7 Å². The van der Waals surface area contributed by atoms with Gasteiger partial charge in [0.05, 0.1) is 29.1 Å². The number of rotatable bonds is 4. The van der Waals surface area contributed by atoms with Crippen LogP contribution < -0.4 is 15.1 Å². The number of hydrogen-bond acceptors (Lipinski definition) is 5. The van der Waals surface area contributed by atoms with Gasteiger partial charge in [-0.3, -0.25) is 4.79 Å². The lowest BCUT2D eigenvalue weighted by Crippen LogP contribution is -2.45. The Morgan fingerprint density at radius 3 is 2.46 bits per heavy atom. The number of ether oxygens (including phenoxy) is 1. The van der Waals surface area contributed by atoms with E-state index >= 15 is 0 Å². The van der Waals surface area contributed by atoms with Gasteiger partial charge in [-0.05, 0) is 38.1 Å². The standard InChI is InChI=1S/C20H26N4O2/c1-14-12-24(13-15(2)26-14)19-10-9-16(11-21-19)20(25)22-17-7-5-6-8-18(17)23(3)4/h5-11,14-15H,12-13H2,1-4H3,(H,22,25)/t14-,15-/m1/s1. The quantitative estimate of drug-likeness (QED) is 0.915. The number of benzene rings is 1. The molecule has 0 saturated carbocycles. The van der Waals surface area contributed by atoms with Crippen molar-refractivity contribution in [3.05, 3.63) is 48.2 Å². The zero-order valence-electron chi connectivity index (χ0n) is 15.8. The van der Waals surface area contributed by atoms with Crippen LogP contribution in [0.2, 0.25) is 0 Å². The van der Waals surface area contributed by atoms with Gasteiger partial charge in [0.15, 0.2) is 0 Å². The fourth-order valence-electron chi connectivity index (χ4n) is 3.24. The molecule has 138 valence electrons. The summed E-state index contributed by atoms with van der Waals surface area (Å²) in [6.45, 7) is 5.73. The van der Waals surface area contributed by atoms with Crippen molar-refractivity contribution in [3.63, 3.8) is 0 Å². The summed E-state index contributed by atoms with van der Waals surface area (Å²) in [5.74, 6) is 0.708. The van der Waals surface area contributed by atoms with E-state index < -0.39 is 0 Å². The number of para-hydroxylation sites is 2. The first-order chi connectivity index (χ1) is 12.4. The molecule has 1 aliphatic rings. The number of nitrogens with one attached hydrogen (secondary N) is 1. The second-order valence-corrected chi connectivity index (χ2v) is 6.93. The first-order valence-electron chi connectivity index (χ1n) is 8.88. The van der Waals surface area contributed by atoms with E-state index in [1.165, 1.54) is 0 Å². The molecule has 1 fully saturated rings. The van der Waals surface area contributed by atoms with E-state index in [0.717, 1.165) is 30.3 Å². The van der Waals surface area contributed by atoms with Gasteiger partial charge in [0.25, 0.3) is 5.91 Å². The summed E-state index contributed by atoms with van der Waals surface area (Å²) in [6.07, 6.45) is 1.98. The number of morpholine rings is 1. The zero-order chi connectivity index (χ0) is 18.7. The van der Waals surface area contributed by atoms with Crippen LogP contribution in [0.1, 0.15) is 24.2 Å². The fraction of sp³-hybridized carbons (Fsp3) is 0.400. The Bertz CT molecular complexity index is 751. The van der Waals surface area contributed by atoms with Crippen LogP contribution in [0, 0.1) is 0 Å². The van der Waals surface area contributed by atoms with E-state index in [-0.39, 0.29) is 18.1 Å². The molecule has 2 aromatic rings. The number of hydrogen-bond donors (Lipinski definition) is 1. The zero-order valence-corrected chi connectivity index (χ0v) is 15.8. The maximum atomic E-state index is 12.6. The molecule has 0 spiro atoms. The van der Waals surface area contributed by atoms with Crippen LogP contribution >= 0.6 is 0 Å². The third-order valence-electron chi connectivity index (χ3n) is 4.39. The van der Waals surface area contributed by atoms with Gasteiger partial charge < -0.3 is 19.9 Å². The molecule has 3 rings (SSSR count). The Balaban J connectivity index is 1.72. The number of anilines is 3. The van der Waals surface area contributed by atoms with Gasteiger partial charge in [0.2, 0.25) is 0 Å². The Labute approximate surface area is 154 Å². The van der Waals surface area contributed by atoms with Crippen LogP contribution in [0.3, 0.4) is 0 Å². The molecule has 1 aliphatic heterocycles. The molecular weight excluding hydrogens is 328 g/mol. The highest BCUT2D eigenvalue weighted by Crippen LogP contribution is 2.24. The molecular formula is C20H26N4O2. The van der Waals surface area contributed by atoms with Gasteiger partial charge in [-0.1, -0.05) is 12.1 Å². The molecule has 0 aliphatic carbocycles. The van der Waals surface area contributed by atoms with Crippen LogP contribution in [0.25, 0.3) is 0 Å². The average molecular weight is 354 g/mol. The Morgan fingerprint density at radius 1 is 1.15 bits per heavy atom. The van der Waals surface area contributed by atoms with Crippen LogP contribution in [0.15, 0.2) is 42.6 Å². The van der Waals surface area contributed by atoms with E-state index in [1.807, 2.05) is 55.4 Å². The minimum Gasteiger partial charge on any atom is -0.376 e. The summed E-state index contributed by atoms with van der Waals surface area (Å²) >= 11 is 0. The van der Waals surface area contributed by atoms with Crippen molar-refractivity contribution in [3.8, 4) is 0 Å². The van der Waals surface area contributed by atoms with E-state index in [1.54, 1.807) is 6.20 Å². The Hall–Kier alpha value is -2.60. The second kappa shape index (κ2) is 7.74. The summed E-state index contributed by atoms with van der Waals surface area (Å²) < 4.78 is 5.76. The molecule has 6 heteroatoms. The largest absolute Gasteiger partial charge is 0.376 e. The van der Waals surface area contributed by atoms with Crippen molar-refractivity contribution in [2.45, 2.75) is 26.1 Å². The Kier molecular flexibility index (Phi) is 5.42. The third kappa shape index (κ3) is 4.14. The maximum Gasteiger partial charge on any atom is 0.257 e. The van der Waals surface area contributed by atoms with Crippen LogP contribution in [-0.2, 0) is 4.74 Å². The lowest BCUT2D eigenvalue weighted by atomic mass is 10.2. The summed E-state index contributed by atoms with van der Waals surface area (Å²) in [5, 5.41) is 2.97. The highest BCUT2D eigenvalue weighted by molar-refractivity contribution is 6.05. The lowest BCUT2D eigenvalue weighted by Gasteiger charge is -2.36. The number of aromatic nitrogens is 1. The molecule has 0 bridgehead atoms. The van der Waals surface area contributed by atoms with Gasteiger partial charge >= 0.3 is 0 Å². The van der Waals surface area contributed by atoms with Crippen molar-refractivity contribution in [2.24, 2.45) is 0 Å². The number of nitrogens with zero attached hydrogens (tertiary/aromatic N) is 3. The van der Waals surface area contributed by atoms with Crippen molar-refractivity contribution in [2.75, 3.05) is 42.3 Å². The van der Waals surface area contributed by atoms with E-state index in [4.69, 9.17) is 4.74 Å². The molecule has 0 unspecified atom stereocenters. The smallest absolute Gasteiger partial charge is 0.257 e. The van der Waals surface area contributed by atoms with Gasteiger partial charge in [-0.2, -0.15) is 0 Å². The normalized spacial score (nSPS) is 19.9. The van der Waals surface area contributed by atoms with E-state index in [0.29, 0.717) is 5.56 Å². The van der Waals surface area contributed by atoms with Crippen molar-refractivity contribution < 1.29 is 9.53 Å². The van der Waals surface area contributed by atoms with Crippen molar-refractivity contribution >= 4 is 23.1 Å². The van der Waals surface area contributed by atoms with Crippen LogP contribution in [-0.4, -0.2) is 50.3 Å². The monoisotopic (exact) mass is 354 g/mol. The molecule has 6 nitrogen and oxygen atoms in total. The van der Waals surface area contributed by atoms with Gasteiger partial charge in [0, 0.05) is 33.4 Å². The highest BCUT2D eigenvalue weighted by Gasteiger charge is 2.23. The minimum absolute atomic E-state index is 0.165. The molecule has 1 aromatic carbocycles. The summed E-state index contributed by atoms with van der Waals surface area (Å²) in [7, 11) is 3.90. The van der Waals surface area contributed by atoms with Crippen LogP contribution in [0.5, 0.6) is 0 Å². The molecule has 2 atom stereocenters. The lowest BCUT2D eigenvalue weighted by molar-refractivity contribution is -0.00546. The molecule has 1 aromatic heterocycles. The van der Waals surface area contributed by atoms with Crippen LogP contribution in [0.4, 0.5) is 17.2 Å². The van der Waals surface area contributed by atoms with E-state index in [9.17, 15) is 4.79 Å². The summed E-state index contributed by atoms with van der Waals surface area (Å²) in [6, 6.07) is 11.4. The van der Waals surface area contributed by atoms with Crippen molar-refractivity contribution in [1.29, 1.82) is 0 Å². The van der Waals surface area contributed by atoms with Gasteiger partial charge in [-0.25, -0.2) is 4.98 Å². The molecule has 0 radical (unpaired) electrons. The molecule has 1 N–H and O–H groups in total. The summed E-state index contributed by atoms with van der Waals surface area (Å²) in [4.78, 5) is 21.2. The fourth-order valence-corrected chi connectivity index (χ4v) is 3.24. The molecule has 1 amide bonds. The molecule has 1 saturated heterocycles. The second-order valence-electron chi connectivity index (χ2n) is 6.93. The minimum atomic E-state index is -0.165. The number of carbonyl (C=O) groups is 1. The molecule has 2 heterocycles. The number of pyridine rings is 1. The van der Waals surface area contributed by atoms with Crippen molar-refractivity contribution in [1.82, 2.24) is 4.98 Å². The maximum absolute atomic E-state index is 12.6. The number of amides is 1. The van der Waals surface area contributed by atoms with Gasteiger partial charge in [-0.15, -0.1) is 0 Å². The average Bonchev–Trinajstić information content (AvgIpc) is 2.61. The number of carbonyl (C=O) groups excluding carboxylic acids is 1. The predicted octanol–water partition coefficient (Wildman–Crippen LogP) is 3.01. The first-order valence-corrected chi connectivity index (χ1v) is 8.88. The molecule has 26 heavy (non-hydrogen) atoms. The summed E-state index contributed by atoms with van der Waals surface area (Å²) in [5.41, 5.74) is 2.28. The first kappa shape index (κ1) is 18.2. The third-order valence-corrected chi connectivity index (χ3v) is 4.39. The predicted molar refractivity (Wildman–Crippen MR) is 105 cm³/mol. The SMILES string of the molecule is C[C@@H]1CN(c2ccc(C(=O)Nc3ccccc3N(C)C)cn2)C[C@@H](C)O1. The van der Waals surface area contributed by atoms with E-state index in [2.05, 4.69) is 29.0 Å². The van der Waals surface area contributed by atoms with Gasteiger partial charge in [0.1, 0.15) is 5.82 Å². The highest BCUT2D eigenvalue weighted by atomic mass is 16.5.